The van der Waals surface area contributed by atoms with E-state index in [4.69, 9.17) is 4.74 Å². The zero-order chi connectivity index (χ0) is 18.5. The Kier molecular flexibility index (Phi) is 14.7. The van der Waals surface area contributed by atoms with Crippen LogP contribution in [0.15, 0.2) is 11.1 Å². The molecule has 1 rings (SSSR count). The third-order valence-electron chi connectivity index (χ3n) is 3.92. The zero-order valence-electron chi connectivity index (χ0n) is 17.0. The molecule has 2 N–H and O–H groups in total. The number of aryl methyl sites for hydroxylation is 3. The number of ether oxygens (including phenoxy) is 1. The maximum absolute atomic E-state index is 5.08. The summed E-state index contributed by atoms with van der Waals surface area (Å²) in [6, 6.07) is 2.11. The first-order valence-electron chi connectivity index (χ1n) is 9.27. The molecule has 0 aliphatic heterocycles. The number of methoxy groups -OCH3 is 1. The summed E-state index contributed by atoms with van der Waals surface area (Å²) in [6.45, 7) is 12.5. The monoisotopic (exact) mass is 480 g/mol. The molecule has 7 nitrogen and oxygen atoms in total. The van der Waals surface area contributed by atoms with Gasteiger partial charge in [-0.1, -0.05) is 0 Å². The van der Waals surface area contributed by atoms with Crippen LogP contribution in [0, 0.1) is 13.8 Å². The number of nitrogens with zero attached hydrogens (tertiary/aromatic N) is 4. The van der Waals surface area contributed by atoms with Crippen LogP contribution in [0.25, 0.3) is 0 Å². The molecule has 0 saturated carbocycles. The molecule has 0 aliphatic carbocycles. The summed E-state index contributed by atoms with van der Waals surface area (Å²) in [6.07, 6.45) is 2.04. The molecule has 1 aromatic heterocycles. The smallest absolute Gasteiger partial charge is 0.191 e. The van der Waals surface area contributed by atoms with Crippen molar-refractivity contribution < 1.29 is 4.74 Å². The maximum Gasteiger partial charge on any atom is 0.191 e. The van der Waals surface area contributed by atoms with Crippen LogP contribution in [-0.2, 0) is 11.3 Å². The second-order valence-electron chi connectivity index (χ2n) is 6.34. The molecule has 0 bridgehead atoms. The molecular weight excluding hydrogens is 443 g/mol. The Morgan fingerprint density at radius 1 is 1.27 bits per heavy atom. The van der Waals surface area contributed by atoms with Gasteiger partial charge in [0.1, 0.15) is 0 Å². The van der Waals surface area contributed by atoms with E-state index in [0.29, 0.717) is 0 Å². The van der Waals surface area contributed by atoms with Crippen molar-refractivity contribution in [1.29, 1.82) is 0 Å². The van der Waals surface area contributed by atoms with Gasteiger partial charge in [0.15, 0.2) is 5.96 Å². The highest BCUT2D eigenvalue weighted by atomic mass is 127. The minimum Gasteiger partial charge on any atom is -0.385 e. The van der Waals surface area contributed by atoms with E-state index in [1.165, 1.54) is 5.69 Å². The Hall–Kier alpha value is -0.870. The number of hydrogen-bond acceptors (Lipinski definition) is 4. The second-order valence-corrected chi connectivity index (χ2v) is 6.34. The second kappa shape index (κ2) is 15.2. The summed E-state index contributed by atoms with van der Waals surface area (Å²) in [5, 5.41) is 11.2. The Bertz CT molecular complexity index is 506. The Balaban J connectivity index is 0.00000625. The van der Waals surface area contributed by atoms with E-state index in [-0.39, 0.29) is 24.0 Å². The van der Waals surface area contributed by atoms with E-state index in [1.54, 1.807) is 7.11 Å². The number of likely N-dealkylation sites (N-methyl/N-ethyl adjacent to an activating group) is 1. The molecule has 0 aromatic carbocycles. The molecule has 0 unspecified atom stereocenters. The molecule has 0 radical (unpaired) electrons. The highest BCUT2D eigenvalue weighted by Gasteiger charge is 2.02. The van der Waals surface area contributed by atoms with Gasteiger partial charge in [-0.25, -0.2) is 0 Å². The topological polar surface area (TPSA) is 66.7 Å². The van der Waals surface area contributed by atoms with Gasteiger partial charge in [0.05, 0.1) is 5.69 Å². The zero-order valence-corrected chi connectivity index (χ0v) is 19.4. The first-order chi connectivity index (χ1) is 12.1. The van der Waals surface area contributed by atoms with Crippen LogP contribution >= 0.6 is 24.0 Å². The molecule has 0 aliphatic rings. The van der Waals surface area contributed by atoms with Crippen molar-refractivity contribution in [2.24, 2.45) is 4.99 Å². The lowest BCUT2D eigenvalue weighted by Gasteiger charge is -2.18. The first kappa shape index (κ1) is 25.1. The average Bonchev–Trinajstić information content (AvgIpc) is 2.89. The molecule has 26 heavy (non-hydrogen) atoms. The molecule has 8 heteroatoms. The molecular formula is C18H37IN6O. The van der Waals surface area contributed by atoms with Gasteiger partial charge in [-0.2, -0.15) is 5.10 Å². The van der Waals surface area contributed by atoms with Crippen molar-refractivity contribution >= 4 is 29.9 Å². The van der Waals surface area contributed by atoms with Crippen molar-refractivity contribution in [1.82, 2.24) is 25.3 Å². The standard InChI is InChI=1S/C18H36N6O.HI/c1-6-19-18(21-10-13-23(4)11-8-14-25-5)20-9-7-12-24-17(3)15-16(2)22-24;/h15H,6-14H2,1-5H3,(H2,19,20,21);1H. The molecule has 0 amide bonds. The van der Waals surface area contributed by atoms with Crippen molar-refractivity contribution in [2.75, 3.05) is 53.5 Å². The van der Waals surface area contributed by atoms with E-state index in [0.717, 1.165) is 70.4 Å². The third kappa shape index (κ3) is 11.0. The number of hydrogen-bond donors (Lipinski definition) is 2. The number of aromatic nitrogens is 2. The van der Waals surface area contributed by atoms with Gasteiger partial charge in [-0.05, 0) is 46.7 Å². The van der Waals surface area contributed by atoms with Crippen LogP contribution < -0.4 is 10.6 Å². The van der Waals surface area contributed by atoms with Gasteiger partial charge in [0, 0.05) is 58.7 Å². The average molecular weight is 480 g/mol. The summed E-state index contributed by atoms with van der Waals surface area (Å²) in [5.41, 5.74) is 2.29. The summed E-state index contributed by atoms with van der Waals surface area (Å²) in [7, 11) is 3.88. The first-order valence-corrected chi connectivity index (χ1v) is 9.27. The summed E-state index contributed by atoms with van der Waals surface area (Å²) < 4.78 is 7.14. The molecule has 1 heterocycles. The lowest BCUT2D eigenvalue weighted by Crippen LogP contribution is -2.41. The summed E-state index contributed by atoms with van der Waals surface area (Å²) >= 11 is 0. The van der Waals surface area contributed by atoms with Gasteiger partial charge >= 0.3 is 0 Å². The van der Waals surface area contributed by atoms with Crippen LogP contribution in [0.1, 0.15) is 31.2 Å². The van der Waals surface area contributed by atoms with Crippen LogP contribution in [0.4, 0.5) is 0 Å². The number of nitrogens with one attached hydrogen (secondary N) is 2. The molecule has 0 atom stereocenters. The minimum atomic E-state index is 0. The van der Waals surface area contributed by atoms with E-state index >= 15 is 0 Å². The Labute approximate surface area is 176 Å². The lowest BCUT2D eigenvalue weighted by molar-refractivity contribution is 0.180. The third-order valence-corrected chi connectivity index (χ3v) is 3.92. The predicted octanol–water partition coefficient (Wildman–Crippen LogP) is 2.03. The van der Waals surface area contributed by atoms with Crippen LogP contribution in [0.2, 0.25) is 0 Å². The molecule has 0 fully saturated rings. The van der Waals surface area contributed by atoms with Crippen LogP contribution in [0.3, 0.4) is 0 Å². The van der Waals surface area contributed by atoms with Crippen LogP contribution in [-0.4, -0.2) is 74.1 Å². The Morgan fingerprint density at radius 3 is 2.65 bits per heavy atom. The maximum atomic E-state index is 5.08. The van der Waals surface area contributed by atoms with Gasteiger partial charge in [0.2, 0.25) is 0 Å². The van der Waals surface area contributed by atoms with Crippen molar-refractivity contribution in [2.45, 2.75) is 40.2 Å². The van der Waals surface area contributed by atoms with Gasteiger partial charge < -0.3 is 20.3 Å². The SMILES string of the molecule is CCNC(=NCCCn1nc(C)cc1C)NCCN(C)CCCOC.I. The number of guanidine groups is 1. The fraction of sp³-hybridized carbons (Fsp3) is 0.778. The number of aliphatic imine (C=N–C) groups is 1. The molecule has 1 aromatic rings. The van der Waals surface area contributed by atoms with Gasteiger partial charge in [-0.15, -0.1) is 24.0 Å². The van der Waals surface area contributed by atoms with Gasteiger partial charge in [0.25, 0.3) is 0 Å². The van der Waals surface area contributed by atoms with E-state index in [2.05, 4.69) is 57.3 Å². The number of halogens is 1. The van der Waals surface area contributed by atoms with E-state index < -0.39 is 0 Å². The highest BCUT2D eigenvalue weighted by molar-refractivity contribution is 14.0. The fourth-order valence-corrected chi connectivity index (χ4v) is 2.61. The van der Waals surface area contributed by atoms with E-state index in [9.17, 15) is 0 Å². The fourth-order valence-electron chi connectivity index (χ4n) is 2.61. The van der Waals surface area contributed by atoms with Crippen molar-refractivity contribution in [3.05, 3.63) is 17.5 Å². The number of rotatable bonds is 12. The predicted molar refractivity (Wildman–Crippen MR) is 120 cm³/mol. The summed E-state index contributed by atoms with van der Waals surface area (Å²) in [4.78, 5) is 6.96. The molecule has 0 spiro atoms. The molecule has 152 valence electrons. The Morgan fingerprint density at radius 2 is 2.04 bits per heavy atom. The largest absolute Gasteiger partial charge is 0.385 e. The summed E-state index contributed by atoms with van der Waals surface area (Å²) in [5.74, 6) is 0.890. The lowest BCUT2D eigenvalue weighted by atomic mass is 10.4. The normalized spacial score (nSPS) is 11.5. The minimum absolute atomic E-state index is 0. The van der Waals surface area contributed by atoms with Gasteiger partial charge in [-0.3, -0.25) is 9.67 Å². The van der Waals surface area contributed by atoms with E-state index in [1.807, 2.05) is 6.92 Å². The molecule has 0 saturated heterocycles. The van der Waals surface area contributed by atoms with Crippen LogP contribution in [0.5, 0.6) is 0 Å². The van der Waals surface area contributed by atoms with Crippen molar-refractivity contribution in [3.63, 3.8) is 0 Å². The quantitative estimate of drug-likeness (QED) is 0.208. The highest BCUT2D eigenvalue weighted by Crippen LogP contribution is 2.02. The van der Waals surface area contributed by atoms with Crippen molar-refractivity contribution in [3.8, 4) is 0 Å².